The van der Waals surface area contributed by atoms with Crippen LogP contribution >= 0.6 is 0 Å². The molecule has 4 rings (SSSR count). The van der Waals surface area contributed by atoms with Crippen molar-refractivity contribution in [1.29, 1.82) is 0 Å². The van der Waals surface area contributed by atoms with Crippen LogP contribution < -0.4 is 19.5 Å². The van der Waals surface area contributed by atoms with Gasteiger partial charge in [0.2, 0.25) is 11.7 Å². The summed E-state index contributed by atoms with van der Waals surface area (Å²) in [5.74, 6) is 0.622. The highest BCUT2D eigenvalue weighted by molar-refractivity contribution is 6.02. The number of methoxy groups -OCH3 is 2. The van der Waals surface area contributed by atoms with Crippen LogP contribution in [-0.4, -0.2) is 37.6 Å². The molecule has 0 aromatic heterocycles. The normalized spacial score (nSPS) is 20.2. The van der Waals surface area contributed by atoms with E-state index in [2.05, 4.69) is 12.2 Å². The van der Waals surface area contributed by atoms with E-state index in [1.165, 1.54) is 14.2 Å². The maximum atomic E-state index is 13.3. The summed E-state index contributed by atoms with van der Waals surface area (Å²) < 4.78 is 16.2. The second-order valence-electron chi connectivity index (χ2n) is 8.42. The molecule has 2 unspecified atom stereocenters. The number of phenols is 1. The summed E-state index contributed by atoms with van der Waals surface area (Å²) in [7, 11) is 2.90. The number of aromatic hydroxyl groups is 1. The minimum atomic E-state index is -0.421. The predicted octanol–water partition coefficient (Wildman–Crippen LogP) is 4.20. The van der Waals surface area contributed by atoms with E-state index >= 15 is 0 Å². The van der Waals surface area contributed by atoms with Gasteiger partial charge in [-0.25, -0.2) is 0 Å². The Kier molecular flexibility index (Phi) is 6.58. The van der Waals surface area contributed by atoms with E-state index in [1.807, 2.05) is 24.3 Å². The Hall–Kier alpha value is -3.48. The molecular formula is C26H29NO6. The van der Waals surface area contributed by atoms with E-state index in [0.717, 1.165) is 17.7 Å². The van der Waals surface area contributed by atoms with Crippen LogP contribution in [0.1, 0.15) is 55.6 Å². The maximum Gasteiger partial charge on any atom is 0.225 e. The lowest BCUT2D eigenvalue weighted by Gasteiger charge is -2.34. The first-order valence-electron chi connectivity index (χ1n) is 11.2. The molecule has 2 atom stereocenters. The molecule has 0 saturated heterocycles. The topological polar surface area (TPSA) is 94.1 Å². The van der Waals surface area contributed by atoms with Gasteiger partial charge in [-0.3, -0.25) is 9.59 Å². The van der Waals surface area contributed by atoms with Crippen molar-refractivity contribution >= 4 is 11.7 Å². The number of ether oxygens (including phenoxy) is 3. The number of allylic oxidation sites excluding steroid dienone is 2. The molecule has 0 bridgehead atoms. The van der Waals surface area contributed by atoms with Gasteiger partial charge in [-0.05, 0) is 54.2 Å². The van der Waals surface area contributed by atoms with Crippen molar-refractivity contribution in [2.45, 2.75) is 44.4 Å². The summed E-state index contributed by atoms with van der Waals surface area (Å²) in [6.07, 6.45) is 2.03. The van der Waals surface area contributed by atoms with Gasteiger partial charge in [-0.15, -0.1) is 0 Å². The van der Waals surface area contributed by atoms with Gasteiger partial charge in [0.05, 0.1) is 20.8 Å². The number of carbonyl (C=O) groups excluding carboxylic acids is 2. The van der Waals surface area contributed by atoms with Gasteiger partial charge in [-0.1, -0.05) is 19.1 Å². The number of amides is 1. The molecule has 7 heteroatoms. The molecule has 2 aromatic rings. The Morgan fingerprint density at radius 3 is 2.24 bits per heavy atom. The highest BCUT2D eigenvalue weighted by Gasteiger charge is 2.38. The van der Waals surface area contributed by atoms with Crippen molar-refractivity contribution in [1.82, 2.24) is 5.32 Å². The zero-order chi connectivity index (χ0) is 23.5. The summed E-state index contributed by atoms with van der Waals surface area (Å²) in [5, 5.41) is 13.2. The largest absolute Gasteiger partial charge is 0.502 e. The molecular weight excluding hydrogens is 422 g/mol. The number of Topliss-reactive ketones (excluding diaryl/α,β-unsaturated/α-hetero) is 1. The lowest BCUT2D eigenvalue weighted by Crippen LogP contribution is -2.38. The lowest BCUT2D eigenvalue weighted by molar-refractivity contribution is -0.122. The van der Waals surface area contributed by atoms with Crippen LogP contribution in [0.2, 0.25) is 0 Å². The molecule has 2 N–H and O–H groups in total. The minimum absolute atomic E-state index is 0.0144. The van der Waals surface area contributed by atoms with Crippen molar-refractivity contribution in [3.05, 3.63) is 58.8 Å². The van der Waals surface area contributed by atoms with Gasteiger partial charge in [0.25, 0.3) is 0 Å². The smallest absolute Gasteiger partial charge is 0.225 e. The van der Waals surface area contributed by atoms with Gasteiger partial charge in [-0.2, -0.15) is 0 Å². The number of benzene rings is 2. The van der Waals surface area contributed by atoms with Gasteiger partial charge in [0.1, 0.15) is 5.75 Å². The van der Waals surface area contributed by atoms with E-state index < -0.39 is 5.92 Å². The van der Waals surface area contributed by atoms with Crippen LogP contribution in [0.15, 0.2) is 47.7 Å². The molecule has 0 radical (unpaired) electrons. The lowest BCUT2D eigenvalue weighted by atomic mass is 9.73. The minimum Gasteiger partial charge on any atom is -0.502 e. The number of nitrogens with one attached hydrogen (secondary N) is 1. The Morgan fingerprint density at radius 2 is 1.64 bits per heavy atom. The molecule has 0 saturated carbocycles. The van der Waals surface area contributed by atoms with Crippen molar-refractivity contribution in [3.8, 4) is 23.0 Å². The zero-order valence-electron chi connectivity index (χ0n) is 19.1. The molecule has 33 heavy (non-hydrogen) atoms. The van der Waals surface area contributed by atoms with E-state index in [-0.39, 0.29) is 41.3 Å². The summed E-state index contributed by atoms with van der Waals surface area (Å²) in [5.41, 5.74) is 3.05. The van der Waals surface area contributed by atoms with Crippen LogP contribution in [0, 0.1) is 0 Å². The first kappa shape index (κ1) is 22.7. The van der Waals surface area contributed by atoms with Crippen LogP contribution in [0.25, 0.3) is 0 Å². The molecule has 1 aliphatic carbocycles. The molecule has 2 aliphatic rings. The Labute approximate surface area is 193 Å². The van der Waals surface area contributed by atoms with Crippen molar-refractivity contribution in [3.63, 3.8) is 0 Å². The average molecular weight is 452 g/mol. The van der Waals surface area contributed by atoms with Crippen LogP contribution in [0.3, 0.4) is 0 Å². The van der Waals surface area contributed by atoms with Gasteiger partial charge in [0, 0.05) is 30.0 Å². The van der Waals surface area contributed by atoms with Crippen molar-refractivity contribution < 1.29 is 28.9 Å². The molecule has 7 nitrogen and oxygen atoms in total. The van der Waals surface area contributed by atoms with E-state index in [1.54, 1.807) is 12.1 Å². The van der Waals surface area contributed by atoms with Gasteiger partial charge < -0.3 is 24.6 Å². The first-order valence-corrected chi connectivity index (χ1v) is 11.2. The summed E-state index contributed by atoms with van der Waals surface area (Å²) >= 11 is 0. The number of hydrogen-bond acceptors (Lipinski definition) is 6. The highest BCUT2D eigenvalue weighted by atomic mass is 16.5. The van der Waals surface area contributed by atoms with Crippen LogP contribution in [0.5, 0.6) is 23.0 Å². The zero-order valence-corrected chi connectivity index (χ0v) is 19.1. The van der Waals surface area contributed by atoms with Crippen molar-refractivity contribution in [2.75, 3.05) is 20.8 Å². The molecule has 0 fully saturated rings. The third-order valence-corrected chi connectivity index (χ3v) is 6.26. The third-order valence-electron chi connectivity index (χ3n) is 6.26. The average Bonchev–Trinajstić information content (AvgIpc) is 2.82. The fourth-order valence-electron chi connectivity index (χ4n) is 4.65. The molecule has 0 spiro atoms. The fraction of sp³-hybridized carbons (Fsp3) is 0.385. The number of carbonyl (C=O) groups is 2. The standard InChI is InChI=1S/C26H29NO6/c1-4-9-33-18-7-5-15(6-8-18)16-10-20-25(21(28)11-16)19(14-24(29)27-20)17-12-22(31-2)26(30)23(13-17)32-3/h5-8,12-13,16,19,30H,4,9-11,14H2,1-3H3,(H,27,29). The Morgan fingerprint density at radius 1 is 0.970 bits per heavy atom. The molecule has 2 aromatic carbocycles. The predicted molar refractivity (Wildman–Crippen MR) is 123 cm³/mol. The Bertz CT molecular complexity index is 1060. The number of phenolic OH excluding ortho intramolecular Hbond substituents is 1. The van der Waals surface area contributed by atoms with Crippen molar-refractivity contribution in [2.24, 2.45) is 0 Å². The number of rotatable bonds is 7. The first-order chi connectivity index (χ1) is 15.9. The number of hydrogen-bond donors (Lipinski definition) is 2. The fourth-order valence-corrected chi connectivity index (χ4v) is 4.65. The SMILES string of the molecule is CCCOc1ccc(C2CC(=O)C3=C(C2)NC(=O)CC3c2cc(OC)c(O)c(OC)c2)cc1. The van der Waals surface area contributed by atoms with E-state index in [0.29, 0.717) is 36.3 Å². The van der Waals surface area contributed by atoms with Crippen LogP contribution in [0.4, 0.5) is 0 Å². The maximum absolute atomic E-state index is 13.3. The molecule has 1 heterocycles. The molecule has 174 valence electrons. The van der Waals surface area contributed by atoms with Gasteiger partial charge in [0.15, 0.2) is 17.3 Å². The molecule has 1 amide bonds. The second kappa shape index (κ2) is 9.57. The summed E-state index contributed by atoms with van der Waals surface area (Å²) in [6.45, 7) is 2.72. The monoisotopic (exact) mass is 451 g/mol. The summed E-state index contributed by atoms with van der Waals surface area (Å²) in [6, 6.07) is 11.2. The summed E-state index contributed by atoms with van der Waals surface area (Å²) in [4.78, 5) is 25.9. The third kappa shape index (κ3) is 4.53. The Balaban J connectivity index is 1.65. The van der Waals surface area contributed by atoms with E-state index in [4.69, 9.17) is 14.2 Å². The van der Waals surface area contributed by atoms with Gasteiger partial charge >= 0.3 is 0 Å². The van der Waals surface area contributed by atoms with E-state index in [9.17, 15) is 14.7 Å². The quantitative estimate of drug-likeness (QED) is 0.655. The second-order valence-corrected chi connectivity index (χ2v) is 8.42. The molecule has 1 aliphatic heterocycles. The number of ketones is 1. The highest BCUT2D eigenvalue weighted by Crippen LogP contribution is 2.46. The van der Waals surface area contributed by atoms with Crippen LogP contribution in [-0.2, 0) is 9.59 Å².